The Balaban J connectivity index is 2.36. The molecule has 0 aliphatic heterocycles. The molecule has 94 valence electrons. The highest BCUT2D eigenvalue weighted by atomic mass is 16.1. The minimum Gasteiger partial charge on any atom is -0.387 e. The van der Waals surface area contributed by atoms with Crippen LogP contribution in [0.5, 0.6) is 0 Å². The minimum absolute atomic E-state index is 0.00596. The first-order valence-corrected chi connectivity index (χ1v) is 5.75. The Hall–Kier alpha value is -1.78. The van der Waals surface area contributed by atoms with Gasteiger partial charge >= 0.3 is 0 Å². The minimum atomic E-state index is -0.00596. The van der Waals surface area contributed by atoms with Crippen LogP contribution in [0.1, 0.15) is 13.8 Å². The van der Waals surface area contributed by atoms with E-state index in [0.29, 0.717) is 12.5 Å². The van der Waals surface area contributed by atoms with Crippen molar-refractivity contribution < 1.29 is 4.79 Å². The Bertz CT molecular complexity index is 365. The molecule has 0 spiro atoms. The first-order chi connectivity index (χ1) is 8.11. The van der Waals surface area contributed by atoms with Crippen molar-refractivity contribution >= 4 is 17.3 Å². The molecule has 1 heterocycles. The van der Waals surface area contributed by atoms with Crippen molar-refractivity contribution in [3.05, 3.63) is 18.5 Å². The second kappa shape index (κ2) is 6.73. The molecule has 1 rings (SSSR count). The van der Waals surface area contributed by atoms with Crippen molar-refractivity contribution in [2.45, 2.75) is 13.8 Å². The number of aromatic nitrogens is 1. The van der Waals surface area contributed by atoms with E-state index in [1.807, 2.05) is 13.1 Å². The lowest BCUT2D eigenvalue weighted by Gasteiger charge is -2.09. The summed E-state index contributed by atoms with van der Waals surface area (Å²) in [7, 11) is 1.83. The monoisotopic (exact) mass is 236 g/mol. The number of hydrogen-bond donors (Lipinski definition) is 3. The fourth-order valence-electron chi connectivity index (χ4n) is 1.24. The molecule has 0 aliphatic carbocycles. The summed E-state index contributed by atoms with van der Waals surface area (Å²) in [6.45, 7) is 5.10. The van der Waals surface area contributed by atoms with E-state index in [1.165, 1.54) is 0 Å². The Labute approximate surface area is 102 Å². The summed E-state index contributed by atoms with van der Waals surface area (Å²) in [5.41, 5.74) is 1.74. The van der Waals surface area contributed by atoms with Crippen molar-refractivity contribution in [1.82, 2.24) is 10.3 Å². The number of carbonyl (C=O) groups is 1. The molecule has 0 saturated heterocycles. The zero-order chi connectivity index (χ0) is 12.7. The van der Waals surface area contributed by atoms with Gasteiger partial charge in [0.15, 0.2) is 0 Å². The summed E-state index contributed by atoms with van der Waals surface area (Å²) in [6.07, 6.45) is 3.42. The van der Waals surface area contributed by atoms with E-state index in [-0.39, 0.29) is 12.5 Å². The van der Waals surface area contributed by atoms with Crippen molar-refractivity contribution in [2.24, 2.45) is 5.92 Å². The van der Waals surface area contributed by atoms with Gasteiger partial charge in [-0.1, -0.05) is 13.8 Å². The third kappa shape index (κ3) is 5.19. The summed E-state index contributed by atoms with van der Waals surface area (Å²) in [5, 5.41) is 8.86. The Morgan fingerprint density at radius 1 is 1.35 bits per heavy atom. The van der Waals surface area contributed by atoms with E-state index in [4.69, 9.17) is 0 Å². The van der Waals surface area contributed by atoms with E-state index in [9.17, 15) is 4.79 Å². The van der Waals surface area contributed by atoms with Gasteiger partial charge in [0.2, 0.25) is 5.91 Å². The van der Waals surface area contributed by atoms with Crippen LogP contribution >= 0.6 is 0 Å². The van der Waals surface area contributed by atoms with Gasteiger partial charge in [0.05, 0.1) is 30.3 Å². The molecule has 0 bridgehead atoms. The molecule has 0 unspecified atom stereocenters. The van der Waals surface area contributed by atoms with E-state index in [2.05, 4.69) is 34.8 Å². The summed E-state index contributed by atoms with van der Waals surface area (Å²) >= 11 is 0. The molecule has 0 saturated carbocycles. The lowest BCUT2D eigenvalue weighted by atomic mass is 10.2. The molecule has 17 heavy (non-hydrogen) atoms. The first-order valence-electron chi connectivity index (χ1n) is 5.75. The largest absolute Gasteiger partial charge is 0.387 e. The van der Waals surface area contributed by atoms with Crippen molar-refractivity contribution in [3.8, 4) is 0 Å². The van der Waals surface area contributed by atoms with Crippen LogP contribution in [-0.2, 0) is 4.79 Å². The number of hydrogen-bond acceptors (Lipinski definition) is 4. The number of carbonyl (C=O) groups excluding carboxylic acids is 1. The normalized spacial score (nSPS) is 10.1. The van der Waals surface area contributed by atoms with Gasteiger partial charge in [0.25, 0.3) is 0 Å². The maximum Gasteiger partial charge on any atom is 0.239 e. The van der Waals surface area contributed by atoms with Crippen molar-refractivity contribution in [3.63, 3.8) is 0 Å². The summed E-state index contributed by atoms with van der Waals surface area (Å²) in [4.78, 5) is 15.5. The third-order valence-corrected chi connectivity index (χ3v) is 2.19. The molecule has 1 aromatic rings. The van der Waals surface area contributed by atoms with Gasteiger partial charge in [-0.05, 0) is 12.0 Å². The quantitative estimate of drug-likeness (QED) is 0.696. The number of anilines is 2. The van der Waals surface area contributed by atoms with Gasteiger partial charge in [-0.3, -0.25) is 9.78 Å². The summed E-state index contributed by atoms with van der Waals surface area (Å²) in [5.74, 6) is 0.460. The average molecular weight is 236 g/mol. The number of amides is 1. The van der Waals surface area contributed by atoms with Crippen LogP contribution < -0.4 is 16.0 Å². The Kier molecular flexibility index (Phi) is 5.26. The maximum atomic E-state index is 11.5. The number of pyridine rings is 1. The molecule has 0 aromatic carbocycles. The number of nitrogens with one attached hydrogen (secondary N) is 3. The fraction of sp³-hybridized carbons (Fsp3) is 0.500. The Morgan fingerprint density at radius 2 is 2.06 bits per heavy atom. The molecule has 1 amide bonds. The predicted octanol–water partition coefficient (Wildman–Crippen LogP) is 1.31. The molecular formula is C12H20N4O. The second-order valence-electron chi connectivity index (χ2n) is 4.26. The maximum absolute atomic E-state index is 11.5. The van der Waals surface area contributed by atoms with Crippen molar-refractivity contribution in [1.29, 1.82) is 0 Å². The molecule has 0 radical (unpaired) electrons. The van der Waals surface area contributed by atoms with Gasteiger partial charge in [-0.2, -0.15) is 0 Å². The fourth-order valence-corrected chi connectivity index (χ4v) is 1.24. The molecule has 1 aromatic heterocycles. The van der Waals surface area contributed by atoms with Crippen LogP contribution in [0.4, 0.5) is 11.4 Å². The number of nitrogens with zero attached hydrogens (tertiary/aromatic N) is 1. The van der Waals surface area contributed by atoms with Crippen molar-refractivity contribution in [2.75, 3.05) is 30.8 Å². The summed E-state index contributed by atoms with van der Waals surface area (Å²) in [6, 6.07) is 1.91. The zero-order valence-corrected chi connectivity index (χ0v) is 10.6. The highest BCUT2D eigenvalue weighted by molar-refractivity contribution is 5.80. The molecule has 5 nitrogen and oxygen atoms in total. The second-order valence-corrected chi connectivity index (χ2v) is 4.26. The van der Waals surface area contributed by atoms with Crippen LogP contribution in [0, 0.1) is 5.92 Å². The first kappa shape index (κ1) is 13.3. The number of rotatable bonds is 6. The van der Waals surface area contributed by atoms with Crippen LogP contribution in [0.2, 0.25) is 0 Å². The smallest absolute Gasteiger partial charge is 0.239 e. The predicted molar refractivity (Wildman–Crippen MR) is 70.1 cm³/mol. The van der Waals surface area contributed by atoms with Gasteiger partial charge in [-0.15, -0.1) is 0 Å². The summed E-state index contributed by atoms with van der Waals surface area (Å²) < 4.78 is 0. The third-order valence-electron chi connectivity index (χ3n) is 2.19. The zero-order valence-electron chi connectivity index (χ0n) is 10.6. The molecule has 0 aliphatic rings. The standard InChI is InChI=1S/C12H20N4O/c1-9(2)5-16-12(17)8-15-11-4-10(13-3)6-14-7-11/h4,6-7,9,13,15H,5,8H2,1-3H3,(H,16,17). The lowest BCUT2D eigenvalue weighted by molar-refractivity contribution is -0.119. The SMILES string of the molecule is CNc1cncc(NCC(=O)NCC(C)C)c1. The average Bonchev–Trinajstić information content (AvgIpc) is 2.34. The topological polar surface area (TPSA) is 66.0 Å². The highest BCUT2D eigenvalue weighted by Gasteiger charge is 2.02. The van der Waals surface area contributed by atoms with Crippen LogP contribution in [0.25, 0.3) is 0 Å². The van der Waals surface area contributed by atoms with Gasteiger partial charge in [0, 0.05) is 13.6 Å². The molecule has 0 fully saturated rings. The van der Waals surface area contributed by atoms with E-state index >= 15 is 0 Å². The van der Waals surface area contributed by atoms with Gasteiger partial charge < -0.3 is 16.0 Å². The van der Waals surface area contributed by atoms with Crippen LogP contribution in [-0.4, -0.2) is 31.0 Å². The van der Waals surface area contributed by atoms with E-state index in [1.54, 1.807) is 12.4 Å². The van der Waals surface area contributed by atoms with E-state index in [0.717, 1.165) is 11.4 Å². The van der Waals surface area contributed by atoms with E-state index < -0.39 is 0 Å². The van der Waals surface area contributed by atoms with Crippen LogP contribution in [0.3, 0.4) is 0 Å². The van der Waals surface area contributed by atoms with Gasteiger partial charge in [0.1, 0.15) is 0 Å². The Morgan fingerprint density at radius 3 is 2.71 bits per heavy atom. The highest BCUT2D eigenvalue weighted by Crippen LogP contribution is 2.11. The van der Waals surface area contributed by atoms with Gasteiger partial charge in [-0.25, -0.2) is 0 Å². The van der Waals surface area contributed by atoms with Crippen LogP contribution in [0.15, 0.2) is 18.5 Å². The molecule has 0 atom stereocenters. The molecular weight excluding hydrogens is 216 g/mol. The molecule has 5 heteroatoms. The lowest BCUT2D eigenvalue weighted by Crippen LogP contribution is -2.32. The molecule has 3 N–H and O–H groups in total.